The van der Waals surface area contributed by atoms with Crippen LogP contribution in [-0.2, 0) is 11.2 Å². The highest BCUT2D eigenvalue weighted by Gasteiger charge is 2.25. The summed E-state index contributed by atoms with van der Waals surface area (Å²) in [7, 11) is 0. The van der Waals surface area contributed by atoms with Gasteiger partial charge in [0.15, 0.2) is 0 Å². The molecule has 1 aliphatic heterocycles. The SMILES string of the molecule is CSc1ccc2c(c1)C[C@@H](C(=O)O)N2. The summed E-state index contributed by atoms with van der Waals surface area (Å²) in [5.74, 6) is -0.785. The van der Waals surface area contributed by atoms with Crippen molar-refractivity contribution in [3.05, 3.63) is 23.8 Å². The van der Waals surface area contributed by atoms with Gasteiger partial charge in [-0.25, -0.2) is 4.79 Å². The standard InChI is InChI=1S/C10H11NO2S/c1-14-7-2-3-8-6(4-7)5-9(11-8)10(12)13/h2-4,9,11H,5H2,1H3,(H,12,13)/t9-/m0/s1. The first-order chi connectivity index (χ1) is 6.70. The van der Waals surface area contributed by atoms with E-state index in [2.05, 4.69) is 11.4 Å². The maximum atomic E-state index is 10.8. The summed E-state index contributed by atoms with van der Waals surface area (Å²) in [6.07, 6.45) is 2.60. The second kappa shape index (κ2) is 3.53. The Morgan fingerprint density at radius 1 is 1.64 bits per heavy atom. The lowest BCUT2D eigenvalue weighted by Gasteiger charge is -2.03. The number of nitrogens with one attached hydrogen (secondary N) is 1. The smallest absolute Gasteiger partial charge is 0.326 e. The number of carboxylic acid groups (broad SMARTS) is 1. The molecule has 1 aliphatic rings. The molecule has 0 fully saturated rings. The Labute approximate surface area is 86.5 Å². The third-order valence-corrected chi connectivity index (χ3v) is 3.09. The largest absolute Gasteiger partial charge is 0.480 e. The maximum Gasteiger partial charge on any atom is 0.326 e. The van der Waals surface area contributed by atoms with Gasteiger partial charge in [0.1, 0.15) is 6.04 Å². The normalized spacial score (nSPS) is 18.8. The fraction of sp³-hybridized carbons (Fsp3) is 0.300. The Morgan fingerprint density at radius 3 is 3.07 bits per heavy atom. The van der Waals surface area contributed by atoms with Crippen molar-refractivity contribution in [1.82, 2.24) is 0 Å². The monoisotopic (exact) mass is 209 g/mol. The third-order valence-electron chi connectivity index (χ3n) is 2.36. The van der Waals surface area contributed by atoms with E-state index in [9.17, 15) is 4.79 Å². The molecule has 0 amide bonds. The molecular formula is C10H11NO2S. The molecule has 0 radical (unpaired) electrons. The molecule has 14 heavy (non-hydrogen) atoms. The molecule has 3 nitrogen and oxygen atoms in total. The predicted molar refractivity (Wildman–Crippen MR) is 57.0 cm³/mol. The molecule has 1 aromatic carbocycles. The van der Waals surface area contributed by atoms with Crippen LogP contribution in [0.15, 0.2) is 23.1 Å². The molecule has 74 valence electrons. The van der Waals surface area contributed by atoms with Gasteiger partial charge in [-0.2, -0.15) is 0 Å². The van der Waals surface area contributed by atoms with Crippen molar-refractivity contribution in [2.45, 2.75) is 17.4 Å². The molecule has 0 aromatic heterocycles. The minimum atomic E-state index is -0.785. The Kier molecular flexibility index (Phi) is 2.37. The molecule has 4 heteroatoms. The van der Waals surface area contributed by atoms with Crippen LogP contribution in [0.25, 0.3) is 0 Å². The van der Waals surface area contributed by atoms with Gasteiger partial charge in [0.25, 0.3) is 0 Å². The average molecular weight is 209 g/mol. The van der Waals surface area contributed by atoms with Gasteiger partial charge < -0.3 is 10.4 Å². The molecule has 1 heterocycles. The number of aliphatic carboxylic acids is 1. The van der Waals surface area contributed by atoms with Crippen LogP contribution in [-0.4, -0.2) is 23.4 Å². The van der Waals surface area contributed by atoms with Crippen LogP contribution in [0.4, 0.5) is 5.69 Å². The first-order valence-corrected chi connectivity index (χ1v) is 5.59. The van der Waals surface area contributed by atoms with Crippen molar-refractivity contribution in [3.63, 3.8) is 0 Å². The number of anilines is 1. The summed E-state index contributed by atoms with van der Waals surface area (Å²) < 4.78 is 0. The molecule has 1 atom stereocenters. The maximum absolute atomic E-state index is 10.8. The van der Waals surface area contributed by atoms with Crippen LogP contribution in [0.5, 0.6) is 0 Å². The zero-order chi connectivity index (χ0) is 10.1. The van der Waals surface area contributed by atoms with Gasteiger partial charge >= 0.3 is 5.97 Å². The molecule has 2 rings (SSSR count). The molecule has 0 saturated carbocycles. The zero-order valence-electron chi connectivity index (χ0n) is 7.78. The van der Waals surface area contributed by atoms with E-state index in [1.165, 1.54) is 4.90 Å². The second-order valence-corrected chi connectivity index (χ2v) is 4.14. The quantitative estimate of drug-likeness (QED) is 0.730. The van der Waals surface area contributed by atoms with Gasteiger partial charge in [-0.3, -0.25) is 0 Å². The lowest BCUT2D eigenvalue weighted by molar-refractivity contribution is -0.137. The van der Waals surface area contributed by atoms with Crippen LogP contribution in [0.2, 0.25) is 0 Å². The van der Waals surface area contributed by atoms with Gasteiger partial charge in [-0.1, -0.05) is 0 Å². The Morgan fingerprint density at radius 2 is 2.43 bits per heavy atom. The lowest BCUT2D eigenvalue weighted by Crippen LogP contribution is -2.26. The van der Waals surface area contributed by atoms with Crippen molar-refractivity contribution in [2.24, 2.45) is 0 Å². The van der Waals surface area contributed by atoms with E-state index in [0.29, 0.717) is 6.42 Å². The number of thioether (sulfide) groups is 1. The summed E-state index contributed by atoms with van der Waals surface area (Å²) in [5.41, 5.74) is 2.06. The fourth-order valence-electron chi connectivity index (χ4n) is 1.61. The van der Waals surface area contributed by atoms with Gasteiger partial charge in [0.2, 0.25) is 0 Å². The van der Waals surface area contributed by atoms with Gasteiger partial charge in [-0.15, -0.1) is 11.8 Å². The molecule has 0 aliphatic carbocycles. The Bertz CT molecular complexity index is 378. The number of hydrogen-bond acceptors (Lipinski definition) is 3. The van der Waals surface area contributed by atoms with Crippen LogP contribution in [0.1, 0.15) is 5.56 Å². The van der Waals surface area contributed by atoms with Crippen molar-refractivity contribution >= 4 is 23.4 Å². The van der Waals surface area contributed by atoms with E-state index in [1.807, 2.05) is 18.4 Å². The van der Waals surface area contributed by atoms with Crippen LogP contribution >= 0.6 is 11.8 Å². The minimum Gasteiger partial charge on any atom is -0.480 e. The minimum absolute atomic E-state index is 0.456. The first-order valence-electron chi connectivity index (χ1n) is 4.37. The summed E-state index contributed by atoms with van der Waals surface area (Å²) in [6, 6.07) is 5.54. The number of carbonyl (C=O) groups is 1. The van der Waals surface area contributed by atoms with Gasteiger partial charge in [0.05, 0.1) is 0 Å². The van der Waals surface area contributed by atoms with Crippen LogP contribution < -0.4 is 5.32 Å². The topological polar surface area (TPSA) is 49.3 Å². The first kappa shape index (κ1) is 9.40. The van der Waals surface area contributed by atoms with Crippen LogP contribution in [0, 0.1) is 0 Å². The number of hydrogen-bond donors (Lipinski definition) is 2. The molecule has 0 saturated heterocycles. The summed E-state index contributed by atoms with van der Waals surface area (Å²) in [4.78, 5) is 11.9. The number of rotatable bonds is 2. The van der Waals surface area contributed by atoms with E-state index in [4.69, 9.17) is 5.11 Å². The Hall–Kier alpha value is -1.16. The van der Waals surface area contributed by atoms with E-state index in [0.717, 1.165) is 11.3 Å². The summed E-state index contributed by atoms with van der Waals surface area (Å²) in [6.45, 7) is 0. The summed E-state index contributed by atoms with van der Waals surface area (Å²) in [5, 5.41) is 11.8. The molecule has 1 aromatic rings. The zero-order valence-corrected chi connectivity index (χ0v) is 8.60. The van der Waals surface area contributed by atoms with Gasteiger partial charge in [-0.05, 0) is 30.0 Å². The van der Waals surface area contributed by atoms with E-state index in [1.54, 1.807) is 11.8 Å². The molecule has 0 spiro atoms. The fourth-order valence-corrected chi connectivity index (χ4v) is 2.08. The van der Waals surface area contributed by atoms with E-state index < -0.39 is 12.0 Å². The van der Waals surface area contributed by atoms with E-state index in [-0.39, 0.29) is 0 Å². The lowest BCUT2D eigenvalue weighted by atomic mass is 10.1. The third kappa shape index (κ3) is 1.57. The molecule has 0 bridgehead atoms. The molecular weight excluding hydrogens is 198 g/mol. The molecule has 0 unspecified atom stereocenters. The summed E-state index contributed by atoms with van der Waals surface area (Å²) >= 11 is 1.67. The average Bonchev–Trinajstić information content (AvgIpc) is 2.59. The predicted octanol–water partition coefficient (Wildman–Crippen LogP) is 1.83. The van der Waals surface area contributed by atoms with E-state index >= 15 is 0 Å². The van der Waals surface area contributed by atoms with Crippen LogP contribution in [0.3, 0.4) is 0 Å². The van der Waals surface area contributed by atoms with Crippen molar-refractivity contribution < 1.29 is 9.90 Å². The second-order valence-electron chi connectivity index (χ2n) is 3.26. The van der Waals surface area contributed by atoms with Gasteiger partial charge in [0, 0.05) is 17.0 Å². The van der Waals surface area contributed by atoms with Crippen molar-refractivity contribution in [3.8, 4) is 0 Å². The Balaban J connectivity index is 2.27. The highest BCUT2D eigenvalue weighted by molar-refractivity contribution is 7.98. The highest BCUT2D eigenvalue weighted by Crippen LogP contribution is 2.29. The van der Waals surface area contributed by atoms with Crippen molar-refractivity contribution in [1.29, 1.82) is 0 Å². The molecule has 2 N–H and O–H groups in total. The number of benzene rings is 1. The number of fused-ring (bicyclic) bond motifs is 1. The van der Waals surface area contributed by atoms with Crippen molar-refractivity contribution in [2.75, 3.05) is 11.6 Å². The highest BCUT2D eigenvalue weighted by atomic mass is 32.2. The number of carboxylic acids is 1.